The molecule has 16 heavy (non-hydrogen) atoms. The van der Waals surface area contributed by atoms with E-state index in [2.05, 4.69) is 27.7 Å². The fraction of sp³-hybridized carbons (Fsp3) is 0.692. The Morgan fingerprint density at radius 1 is 1.31 bits per heavy atom. The van der Waals surface area contributed by atoms with E-state index in [1.54, 1.807) is 0 Å². The van der Waals surface area contributed by atoms with Gasteiger partial charge in [0, 0.05) is 30.1 Å². The first kappa shape index (κ1) is 10.8. The van der Waals surface area contributed by atoms with Crippen molar-refractivity contribution in [1.82, 2.24) is 10.2 Å². The van der Waals surface area contributed by atoms with Crippen LogP contribution in [0, 0.1) is 0 Å². The molecular weight excluding hydrogens is 216 g/mol. The van der Waals surface area contributed by atoms with E-state index in [4.69, 9.17) is 0 Å². The van der Waals surface area contributed by atoms with Gasteiger partial charge in [-0.3, -0.25) is 0 Å². The number of hydrogen-bond acceptors (Lipinski definition) is 3. The van der Waals surface area contributed by atoms with Gasteiger partial charge in [-0.15, -0.1) is 11.3 Å². The maximum atomic E-state index is 3.74. The Kier molecular flexibility index (Phi) is 3.27. The average Bonchev–Trinajstić information content (AvgIpc) is 2.87. The molecular formula is C13H20N2S. The molecule has 2 fully saturated rings. The van der Waals surface area contributed by atoms with E-state index in [9.17, 15) is 0 Å². The molecule has 3 rings (SSSR count). The van der Waals surface area contributed by atoms with Crippen molar-refractivity contribution in [3.05, 3.63) is 22.4 Å². The molecule has 88 valence electrons. The predicted octanol–water partition coefficient (Wildman–Crippen LogP) is 2.12. The average molecular weight is 236 g/mol. The molecule has 3 heterocycles. The molecule has 2 aliphatic rings. The molecule has 2 atom stereocenters. The maximum Gasteiger partial charge on any atom is 0.0198 e. The van der Waals surface area contributed by atoms with Crippen LogP contribution < -0.4 is 5.32 Å². The summed E-state index contributed by atoms with van der Waals surface area (Å²) in [6.45, 7) is 3.80. The van der Waals surface area contributed by atoms with Crippen molar-refractivity contribution in [2.45, 2.75) is 37.8 Å². The molecule has 3 heteroatoms. The molecule has 0 radical (unpaired) electrons. The second-order valence-electron chi connectivity index (χ2n) is 5.06. The van der Waals surface area contributed by atoms with Crippen LogP contribution in [-0.4, -0.2) is 36.6 Å². The van der Waals surface area contributed by atoms with Crippen molar-refractivity contribution in [2.75, 3.05) is 19.6 Å². The van der Waals surface area contributed by atoms with Gasteiger partial charge in [-0.1, -0.05) is 6.07 Å². The summed E-state index contributed by atoms with van der Waals surface area (Å²) in [6.07, 6.45) is 5.37. The Bertz CT molecular complexity index is 323. The van der Waals surface area contributed by atoms with Crippen molar-refractivity contribution in [3.63, 3.8) is 0 Å². The van der Waals surface area contributed by atoms with Crippen molar-refractivity contribution in [2.24, 2.45) is 0 Å². The van der Waals surface area contributed by atoms with E-state index < -0.39 is 0 Å². The van der Waals surface area contributed by atoms with Gasteiger partial charge >= 0.3 is 0 Å². The van der Waals surface area contributed by atoms with Gasteiger partial charge in [-0.2, -0.15) is 0 Å². The molecule has 2 saturated heterocycles. The Hall–Kier alpha value is -0.380. The number of nitrogens with one attached hydrogen (secondary N) is 1. The van der Waals surface area contributed by atoms with Gasteiger partial charge in [0.15, 0.2) is 0 Å². The SMILES string of the molecule is c1csc(CCN2CCC3CCC(C2)N3)c1. The minimum absolute atomic E-state index is 0.774. The Balaban J connectivity index is 1.51. The molecule has 2 aliphatic heterocycles. The number of hydrogen-bond donors (Lipinski definition) is 1. The van der Waals surface area contributed by atoms with E-state index in [1.807, 2.05) is 11.3 Å². The van der Waals surface area contributed by atoms with Crippen LogP contribution in [0.3, 0.4) is 0 Å². The summed E-state index contributed by atoms with van der Waals surface area (Å²) in [5.74, 6) is 0. The largest absolute Gasteiger partial charge is 0.310 e. The van der Waals surface area contributed by atoms with E-state index in [0.29, 0.717) is 0 Å². The predicted molar refractivity (Wildman–Crippen MR) is 69.0 cm³/mol. The van der Waals surface area contributed by atoms with Crippen molar-refractivity contribution in [1.29, 1.82) is 0 Å². The first-order chi connectivity index (χ1) is 7.90. The lowest BCUT2D eigenvalue weighted by Gasteiger charge is -2.23. The smallest absolute Gasteiger partial charge is 0.0198 e. The molecule has 1 N–H and O–H groups in total. The number of fused-ring (bicyclic) bond motifs is 2. The highest BCUT2D eigenvalue weighted by molar-refractivity contribution is 7.09. The van der Waals surface area contributed by atoms with Crippen molar-refractivity contribution >= 4 is 11.3 Å². The van der Waals surface area contributed by atoms with Gasteiger partial charge in [0.2, 0.25) is 0 Å². The zero-order valence-electron chi connectivity index (χ0n) is 9.69. The van der Waals surface area contributed by atoms with E-state index in [1.165, 1.54) is 50.2 Å². The molecule has 2 nitrogen and oxygen atoms in total. The first-order valence-corrected chi connectivity index (χ1v) is 7.29. The monoisotopic (exact) mass is 236 g/mol. The van der Waals surface area contributed by atoms with Gasteiger partial charge in [0.05, 0.1) is 0 Å². The number of likely N-dealkylation sites (tertiary alicyclic amines) is 1. The zero-order chi connectivity index (χ0) is 10.8. The standard InChI is InChI=1S/C13H20N2S/c1-2-13(16-9-1)6-8-15-7-5-11-3-4-12(10-15)14-11/h1-2,9,11-12,14H,3-8,10H2. The quantitative estimate of drug-likeness (QED) is 0.865. The fourth-order valence-electron chi connectivity index (χ4n) is 2.94. The lowest BCUT2D eigenvalue weighted by atomic mass is 10.1. The van der Waals surface area contributed by atoms with E-state index in [0.717, 1.165) is 12.1 Å². The molecule has 0 amide bonds. The number of rotatable bonds is 3. The Morgan fingerprint density at radius 2 is 2.25 bits per heavy atom. The summed E-state index contributed by atoms with van der Waals surface area (Å²) in [4.78, 5) is 4.18. The highest BCUT2D eigenvalue weighted by Gasteiger charge is 2.28. The second-order valence-corrected chi connectivity index (χ2v) is 6.09. The van der Waals surface area contributed by atoms with Crippen molar-refractivity contribution < 1.29 is 0 Å². The van der Waals surface area contributed by atoms with Crippen LogP contribution in [-0.2, 0) is 6.42 Å². The molecule has 1 aromatic rings. The molecule has 0 aromatic carbocycles. The Labute approximate surface area is 102 Å². The van der Waals surface area contributed by atoms with Crippen LogP contribution in [0.4, 0.5) is 0 Å². The molecule has 2 unspecified atom stereocenters. The van der Waals surface area contributed by atoms with E-state index in [-0.39, 0.29) is 0 Å². The molecule has 0 saturated carbocycles. The zero-order valence-corrected chi connectivity index (χ0v) is 10.5. The van der Waals surface area contributed by atoms with Crippen molar-refractivity contribution in [3.8, 4) is 0 Å². The number of nitrogens with zero attached hydrogens (tertiary/aromatic N) is 1. The van der Waals surface area contributed by atoms with Crippen LogP contribution in [0.1, 0.15) is 24.1 Å². The molecule has 0 spiro atoms. The second kappa shape index (κ2) is 4.86. The molecule has 2 bridgehead atoms. The van der Waals surface area contributed by atoms with Crippen LogP contribution in [0.2, 0.25) is 0 Å². The fourth-order valence-corrected chi connectivity index (χ4v) is 3.64. The van der Waals surface area contributed by atoms with Gasteiger partial charge in [-0.05, 0) is 43.7 Å². The van der Waals surface area contributed by atoms with Gasteiger partial charge in [-0.25, -0.2) is 0 Å². The van der Waals surface area contributed by atoms with Crippen LogP contribution in [0.5, 0.6) is 0 Å². The van der Waals surface area contributed by atoms with E-state index >= 15 is 0 Å². The lowest BCUT2D eigenvalue weighted by molar-refractivity contribution is 0.262. The summed E-state index contributed by atoms with van der Waals surface area (Å²) in [5.41, 5.74) is 0. The van der Waals surface area contributed by atoms with Gasteiger partial charge in [0.25, 0.3) is 0 Å². The maximum absolute atomic E-state index is 3.74. The molecule has 1 aromatic heterocycles. The van der Waals surface area contributed by atoms with Crippen LogP contribution >= 0.6 is 11.3 Å². The highest BCUT2D eigenvalue weighted by Crippen LogP contribution is 2.20. The topological polar surface area (TPSA) is 15.3 Å². The van der Waals surface area contributed by atoms with Gasteiger partial charge < -0.3 is 10.2 Å². The summed E-state index contributed by atoms with van der Waals surface area (Å²) >= 11 is 1.89. The minimum Gasteiger partial charge on any atom is -0.310 e. The minimum atomic E-state index is 0.774. The van der Waals surface area contributed by atoms with Crippen LogP contribution in [0.25, 0.3) is 0 Å². The summed E-state index contributed by atoms with van der Waals surface area (Å²) in [7, 11) is 0. The van der Waals surface area contributed by atoms with Gasteiger partial charge in [0.1, 0.15) is 0 Å². The normalized spacial score (nSPS) is 30.5. The highest BCUT2D eigenvalue weighted by atomic mass is 32.1. The third-order valence-corrected chi connectivity index (χ3v) is 4.80. The first-order valence-electron chi connectivity index (χ1n) is 6.41. The number of thiophene rings is 1. The Morgan fingerprint density at radius 3 is 3.12 bits per heavy atom. The lowest BCUT2D eigenvalue weighted by Crippen LogP contribution is -2.36. The summed E-state index contributed by atoms with van der Waals surface area (Å²) < 4.78 is 0. The molecule has 0 aliphatic carbocycles. The third kappa shape index (κ3) is 2.47. The third-order valence-electron chi connectivity index (χ3n) is 3.86. The summed E-state index contributed by atoms with van der Waals surface area (Å²) in [6, 6.07) is 6.01. The summed E-state index contributed by atoms with van der Waals surface area (Å²) in [5, 5.41) is 5.92. The van der Waals surface area contributed by atoms with Crippen LogP contribution in [0.15, 0.2) is 17.5 Å².